The Kier molecular flexibility index (Phi) is 5.50. The van der Waals surface area contributed by atoms with Gasteiger partial charge in [-0.3, -0.25) is 14.8 Å². The number of amides is 1. The van der Waals surface area contributed by atoms with Crippen molar-refractivity contribution in [2.75, 3.05) is 19.7 Å². The molecule has 3 unspecified atom stereocenters. The number of aromatic nitrogens is 3. The standard InChI is InChI=1S/C17H25N5O3/c1-11(9-14-5-4-7-24-14)18-17(23)12(2)22-6-8-25-15(10-22)16-19-13(3)20-21-16/h4-5,7,11-12,15H,6,8-10H2,1-3H3,(H,18,23)(H,19,20,21). The fourth-order valence-corrected chi connectivity index (χ4v) is 2.99. The number of nitrogens with one attached hydrogen (secondary N) is 2. The van der Waals surface area contributed by atoms with Gasteiger partial charge in [0.25, 0.3) is 0 Å². The van der Waals surface area contributed by atoms with Crippen molar-refractivity contribution in [2.24, 2.45) is 0 Å². The molecular weight excluding hydrogens is 322 g/mol. The number of morpholine rings is 1. The topological polar surface area (TPSA) is 96.3 Å². The molecule has 8 nitrogen and oxygen atoms in total. The number of H-pyrrole nitrogens is 1. The van der Waals surface area contributed by atoms with Gasteiger partial charge in [-0.2, -0.15) is 5.10 Å². The normalized spacial score (nSPS) is 21.0. The third-order valence-corrected chi connectivity index (χ3v) is 4.40. The molecule has 1 saturated heterocycles. The summed E-state index contributed by atoms with van der Waals surface area (Å²) in [5, 5.41) is 10.1. The second kappa shape index (κ2) is 7.79. The Labute approximate surface area is 146 Å². The minimum atomic E-state index is -0.245. The maximum absolute atomic E-state index is 12.6. The first-order valence-corrected chi connectivity index (χ1v) is 8.60. The molecule has 3 atom stereocenters. The first kappa shape index (κ1) is 17.6. The zero-order valence-corrected chi connectivity index (χ0v) is 14.9. The highest BCUT2D eigenvalue weighted by Gasteiger charge is 2.31. The number of aromatic amines is 1. The highest BCUT2D eigenvalue weighted by molar-refractivity contribution is 5.81. The molecule has 8 heteroatoms. The summed E-state index contributed by atoms with van der Waals surface area (Å²) >= 11 is 0. The van der Waals surface area contributed by atoms with Crippen LogP contribution in [-0.2, 0) is 16.0 Å². The molecule has 136 valence electrons. The largest absolute Gasteiger partial charge is 0.469 e. The first-order chi connectivity index (χ1) is 12.0. The van der Waals surface area contributed by atoms with Gasteiger partial charge in [0.05, 0.1) is 18.9 Å². The lowest BCUT2D eigenvalue weighted by Crippen LogP contribution is -2.52. The van der Waals surface area contributed by atoms with Gasteiger partial charge < -0.3 is 14.5 Å². The zero-order valence-electron chi connectivity index (χ0n) is 14.9. The summed E-state index contributed by atoms with van der Waals surface area (Å²) in [5.41, 5.74) is 0. The molecule has 0 aliphatic carbocycles. The summed E-state index contributed by atoms with van der Waals surface area (Å²) in [6.45, 7) is 7.61. The SMILES string of the molecule is Cc1nc(C2CN(C(C)C(=O)NC(C)Cc3ccco3)CCO2)n[nH]1. The number of furan rings is 1. The van der Waals surface area contributed by atoms with Crippen LogP contribution in [0, 0.1) is 6.92 Å². The van der Waals surface area contributed by atoms with Crippen molar-refractivity contribution in [1.82, 2.24) is 25.4 Å². The van der Waals surface area contributed by atoms with Crippen LogP contribution in [0.3, 0.4) is 0 Å². The molecule has 1 amide bonds. The van der Waals surface area contributed by atoms with E-state index in [1.807, 2.05) is 32.9 Å². The molecule has 3 rings (SSSR count). The lowest BCUT2D eigenvalue weighted by Gasteiger charge is -2.35. The Morgan fingerprint density at radius 2 is 2.36 bits per heavy atom. The van der Waals surface area contributed by atoms with Crippen molar-refractivity contribution in [3.8, 4) is 0 Å². The van der Waals surface area contributed by atoms with Crippen LogP contribution in [0.15, 0.2) is 22.8 Å². The van der Waals surface area contributed by atoms with Crippen LogP contribution in [-0.4, -0.2) is 57.8 Å². The number of nitrogens with zero attached hydrogens (tertiary/aromatic N) is 3. The fourth-order valence-electron chi connectivity index (χ4n) is 2.99. The van der Waals surface area contributed by atoms with Crippen molar-refractivity contribution < 1.29 is 13.9 Å². The first-order valence-electron chi connectivity index (χ1n) is 8.60. The Hall–Kier alpha value is -2.19. The molecule has 0 bridgehead atoms. The van der Waals surface area contributed by atoms with Crippen molar-refractivity contribution in [1.29, 1.82) is 0 Å². The van der Waals surface area contributed by atoms with E-state index in [1.165, 1.54) is 0 Å². The molecular formula is C17H25N5O3. The monoisotopic (exact) mass is 347 g/mol. The molecule has 3 heterocycles. The molecule has 1 aliphatic heterocycles. The van der Waals surface area contributed by atoms with Gasteiger partial charge in [0.15, 0.2) is 5.82 Å². The van der Waals surface area contributed by atoms with Crippen LogP contribution in [0.2, 0.25) is 0 Å². The van der Waals surface area contributed by atoms with Crippen LogP contribution in [0.25, 0.3) is 0 Å². The zero-order chi connectivity index (χ0) is 17.8. The molecule has 2 aromatic heterocycles. The molecule has 0 aromatic carbocycles. The van der Waals surface area contributed by atoms with E-state index in [4.69, 9.17) is 9.15 Å². The van der Waals surface area contributed by atoms with Crippen molar-refractivity contribution in [3.63, 3.8) is 0 Å². The van der Waals surface area contributed by atoms with Gasteiger partial charge in [0, 0.05) is 25.6 Å². The molecule has 2 N–H and O–H groups in total. The van der Waals surface area contributed by atoms with Crippen LogP contribution in [0.4, 0.5) is 0 Å². The Balaban J connectivity index is 1.54. The predicted octanol–water partition coefficient (Wildman–Crippen LogP) is 1.22. The van der Waals surface area contributed by atoms with E-state index in [9.17, 15) is 4.79 Å². The van der Waals surface area contributed by atoms with Crippen LogP contribution in [0.1, 0.15) is 37.4 Å². The van der Waals surface area contributed by atoms with Gasteiger partial charge in [-0.1, -0.05) is 0 Å². The van der Waals surface area contributed by atoms with E-state index >= 15 is 0 Å². The Morgan fingerprint density at radius 3 is 3.04 bits per heavy atom. The molecule has 1 aliphatic rings. The van der Waals surface area contributed by atoms with Crippen LogP contribution >= 0.6 is 0 Å². The number of rotatable bonds is 6. The lowest BCUT2D eigenvalue weighted by molar-refractivity contribution is -0.130. The summed E-state index contributed by atoms with van der Waals surface area (Å²) in [6.07, 6.45) is 2.10. The average Bonchev–Trinajstić information content (AvgIpc) is 3.25. The van der Waals surface area contributed by atoms with Crippen LogP contribution < -0.4 is 5.32 Å². The summed E-state index contributed by atoms with van der Waals surface area (Å²) in [4.78, 5) is 19.0. The van der Waals surface area contributed by atoms with E-state index < -0.39 is 0 Å². The molecule has 1 fully saturated rings. The highest BCUT2D eigenvalue weighted by atomic mass is 16.5. The van der Waals surface area contributed by atoms with Crippen molar-refractivity contribution >= 4 is 5.91 Å². The second-order valence-corrected chi connectivity index (χ2v) is 6.50. The summed E-state index contributed by atoms with van der Waals surface area (Å²) < 4.78 is 11.1. The van der Waals surface area contributed by atoms with Gasteiger partial charge in [-0.15, -0.1) is 0 Å². The number of ether oxygens (including phenoxy) is 1. The molecule has 2 aromatic rings. The van der Waals surface area contributed by atoms with Gasteiger partial charge in [0.2, 0.25) is 5.91 Å². The molecule has 25 heavy (non-hydrogen) atoms. The number of carbonyl (C=O) groups is 1. The third-order valence-electron chi connectivity index (χ3n) is 4.40. The number of aryl methyl sites for hydroxylation is 1. The van der Waals surface area contributed by atoms with E-state index in [-0.39, 0.29) is 24.1 Å². The summed E-state index contributed by atoms with van der Waals surface area (Å²) in [6, 6.07) is 3.53. The van der Waals surface area contributed by atoms with E-state index in [1.54, 1.807) is 6.26 Å². The average molecular weight is 347 g/mol. The summed E-state index contributed by atoms with van der Waals surface area (Å²) in [7, 11) is 0. The summed E-state index contributed by atoms with van der Waals surface area (Å²) in [5.74, 6) is 2.27. The number of carbonyl (C=O) groups excluding carboxylic acids is 1. The van der Waals surface area contributed by atoms with Gasteiger partial charge in [0.1, 0.15) is 17.7 Å². The fraction of sp³-hybridized carbons (Fsp3) is 0.588. The maximum atomic E-state index is 12.6. The molecule has 0 saturated carbocycles. The minimum Gasteiger partial charge on any atom is -0.469 e. The number of hydrogen-bond donors (Lipinski definition) is 2. The molecule has 0 spiro atoms. The van der Waals surface area contributed by atoms with Crippen LogP contribution in [0.5, 0.6) is 0 Å². The smallest absolute Gasteiger partial charge is 0.237 e. The highest BCUT2D eigenvalue weighted by Crippen LogP contribution is 2.20. The maximum Gasteiger partial charge on any atom is 0.237 e. The Bertz CT molecular complexity index is 684. The quantitative estimate of drug-likeness (QED) is 0.815. The van der Waals surface area contributed by atoms with Crippen molar-refractivity contribution in [2.45, 2.75) is 45.4 Å². The minimum absolute atomic E-state index is 0.00544. The number of hydrogen-bond acceptors (Lipinski definition) is 6. The van der Waals surface area contributed by atoms with E-state index in [0.29, 0.717) is 31.9 Å². The predicted molar refractivity (Wildman–Crippen MR) is 90.9 cm³/mol. The van der Waals surface area contributed by atoms with E-state index in [2.05, 4.69) is 25.4 Å². The third kappa shape index (κ3) is 4.46. The van der Waals surface area contributed by atoms with Crippen molar-refractivity contribution in [3.05, 3.63) is 35.8 Å². The van der Waals surface area contributed by atoms with Gasteiger partial charge in [-0.05, 0) is 32.9 Å². The lowest BCUT2D eigenvalue weighted by atomic mass is 10.1. The molecule has 0 radical (unpaired) electrons. The van der Waals surface area contributed by atoms with Gasteiger partial charge >= 0.3 is 0 Å². The Morgan fingerprint density at radius 1 is 1.52 bits per heavy atom. The van der Waals surface area contributed by atoms with Gasteiger partial charge in [-0.25, -0.2) is 4.98 Å². The van der Waals surface area contributed by atoms with E-state index in [0.717, 1.165) is 11.6 Å². The second-order valence-electron chi connectivity index (χ2n) is 6.50.